The van der Waals surface area contributed by atoms with Gasteiger partial charge in [-0.15, -0.1) is 0 Å². The molecule has 9 heteroatoms. The van der Waals surface area contributed by atoms with Gasteiger partial charge in [0.05, 0.1) is 15.9 Å². The van der Waals surface area contributed by atoms with E-state index in [1.165, 1.54) is 10.4 Å². The minimum absolute atomic E-state index is 0.164. The largest absolute Gasteiger partial charge is 0.352 e. The zero-order valence-electron chi connectivity index (χ0n) is 18.9. The molecule has 0 spiro atoms. The summed E-state index contributed by atoms with van der Waals surface area (Å²) in [4.78, 5) is 17.0. The van der Waals surface area contributed by atoms with Crippen LogP contribution >= 0.6 is 0 Å². The van der Waals surface area contributed by atoms with Crippen LogP contribution in [0.25, 0.3) is 11.0 Å². The Morgan fingerprint density at radius 2 is 1.88 bits per heavy atom. The van der Waals surface area contributed by atoms with Gasteiger partial charge in [-0.1, -0.05) is 26.0 Å². The van der Waals surface area contributed by atoms with Gasteiger partial charge in [-0.3, -0.25) is 4.79 Å². The predicted octanol–water partition coefficient (Wildman–Crippen LogP) is 3.30. The molecule has 3 rings (SSSR count). The summed E-state index contributed by atoms with van der Waals surface area (Å²) < 4.78 is 42.5. The molecule has 3 aromatic rings. The second-order valence-corrected chi connectivity index (χ2v) is 9.63. The molecule has 7 nitrogen and oxygen atoms in total. The van der Waals surface area contributed by atoms with E-state index in [1.807, 2.05) is 11.6 Å². The summed E-state index contributed by atoms with van der Waals surface area (Å²) in [5.41, 5.74) is 2.64. The van der Waals surface area contributed by atoms with E-state index in [4.69, 9.17) is 0 Å². The normalized spacial score (nSPS) is 11.9. The van der Waals surface area contributed by atoms with Crippen molar-refractivity contribution >= 4 is 27.0 Å². The number of benzene rings is 2. The first kappa shape index (κ1) is 23.9. The molecule has 0 saturated heterocycles. The van der Waals surface area contributed by atoms with Crippen LogP contribution in [0.5, 0.6) is 0 Å². The zero-order chi connectivity index (χ0) is 23.5. The number of imidazole rings is 1. The van der Waals surface area contributed by atoms with Gasteiger partial charge in [0.25, 0.3) is 0 Å². The maximum Gasteiger partial charge on any atom is 0.243 e. The molecule has 0 aliphatic heterocycles. The third-order valence-corrected chi connectivity index (χ3v) is 7.64. The number of carbonyl (C=O) groups is 1. The van der Waals surface area contributed by atoms with Crippen LogP contribution < -0.4 is 5.32 Å². The van der Waals surface area contributed by atoms with Crippen molar-refractivity contribution in [2.75, 3.05) is 13.1 Å². The number of carbonyl (C=O) groups excluding carboxylic acids is 1. The van der Waals surface area contributed by atoms with E-state index in [2.05, 4.69) is 10.3 Å². The van der Waals surface area contributed by atoms with Crippen LogP contribution in [0.4, 0.5) is 4.39 Å². The van der Waals surface area contributed by atoms with Crippen molar-refractivity contribution in [1.29, 1.82) is 0 Å². The topological polar surface area (TPSA) is 84.3 Å². The number of fused-ring (bicyclic) bond motifs is 1. The van der Waals surface area contributed by atoms with E-state index in [-0.39, 0.29) is 29.6 Å². The lowest BCUT2D eigenvalue weighted by atomic mass is 10.1. The standard InChI is InChI=1S/C23H29FN4O3S/c1-5-28(6-2)32(30,31)18-9-10-21-20(14-18)26-22(27(21)4)11-12-23(29)25-15-17-8-7-16(3)19(24)13-17/h7-10,13-14H,5-6,11-12,15H2,1-4H3,(H,25,29). The molecule has 0 unspecified atom stereocenters. The summed E-state index contributed by atoms with van der Waals surface area (Å²) in [7, 11) is -1.72. The Bertz CT molecular complexity index is 1230. The van der Waals surface area contributed by atoms with Crippen LogP contribution in [-0.4, -0.2) is 41.3 Å². The van der Waals surface area contributed by atoms with Crippen LogP contribution in [0.1, 0.15) is 37.2 Å². The van der Waals surface area contributed by atoms with Gasteiger partial charge in [-0.2, -0.15) is 4.31 Å². The van der Waals surface area contributed by atoms with E-state index in [1.54, 1.807) is 51.1 Å². The predicted molar refractivity (Wildman–Crippen MR) is 122 cm³/mol. The van der Waals surface area contributed by atoms with Crippen LogP contribution in [0.15, 0.2) is 41.3 Å². The van der Waals surface area contributed by atoms with Crippen molar-refractivity contribution in [1.82, 2.24) is 19.2 Å². The smallest absolute Gasteiger partial charge is 0.243 e. The number of rotatable bonds is 9. The highest BCUT2D eigenvalue weighted by molar-refractivity contribution is 7.89. The summed E-state index contributed by atoms with van der Waals surface area (Å²) in [6, 6.07) is 9.81. The van der Waals surface area contributed by atoms with Crippen LogP contribution in [0.3, 0.4) is 0 Å². The number of hydrogen-bond acceptors (Lipinski definition) is 4. The summed E-state index contributed by atoms with van der Waals surface area (Å²) in [6.45, 7) is 6.35. The number of halogens is 1. The Morgan fingerprint density at radius 1 is 1.16 bits per heavy atom. The molecule has 0 aliphatic carbocycles. The second kappa shape index (κ2) is 9.79. The molecule has 1 N–H and O–H groups in total. The molecule has 0 aliphatic rings. The molecular weight excluding hydrogens is 431 g/mol. The van der Waals surface area contributed by atoms with Gasteiger partial charge < -0.3 is 9.88 Å². The van der Waals surface area contributed by atoms with Crippen molar-refractivity contribution in [2.24, 2.45) is 7.05 Å². The quantitative estimate of drug-likeness (QED) is 0.531. The fraction of sp³-hybridized carbons (Fsp3) is 0.391. The Balaban J connectivity index is 1.69. The first-order valence-corrected chi connectivity index (χ1v) is 12.1. The first-order valence-electron chi connectivity index (χ1n) is 10.6. The first-order chi connectivity index (χ1) is 15.2. The number of amides is 1. The van der Waals surface area contributed by atoms with Crippen molar-refractivity contribution < 1.29 is 17.6 Å². The summed E-state index contributed by atoms with van der Waals surface area (Å²) in [6.07, 6.45) is 0.619. The maximum atomic E-state index is 13.6. The molecular formula is C23H29FN4O3S. The number of sulfonamides is 1. The molecule has 172 valence electrons. The van der Waals surface area contributed by atoms with Gasteiger partial charge >= 0.3 is 0 Å². The molecule has 1 amide bonds. The highest BCUT2D eigenvalue weighted by Gasteiger charge is 2.22. The molecule has 32 heavy (non-hydrogen) atoms. The SMILES string of the molecule is CCN(CC)S(=O)(=O)c1ccc2c(c1)nc(CCC(=O)NCc1ccc(C)c(F)c1)n2C. The third-order valence-electron chi connectivity index (χ3n) is 5.59. The number of nitrogens with one attached hydrogen (secondary N) is 1. The molecule has 0 bridgehead atoms. The van der Waals surface area contributed by atoms with Crippen molar-refractivity contribution in [2.45, 2.75) is 45.1 Å². The van der Waals surface area contributed by atoms with Crippen molar-refractivity contribution in [3.8, 4) is 0 Å². The molecule has 1 aromatic heterocycles. The van der Waals surface area contributed by atoms with E-state index in [0.29, 0.717) is 42.0 Å². The fourth-order valence-corrected chi connectivity index (χ4v) is 5.07. The molecule has 0 atom stereocenters. The van der Waals surface area contributed by atoms with Crippen molar-refractivity contribution in [3.63, 3.8) is 0 Å². The highest BCUT2D eigenvalue weighted by atomic mass is 32.2. The summed E-state index contributed by atoms with van der Waals surface area (Å²) >= 11 is 0. The number of aryl methyl sites for hydroxylation is 3. The Hall–Kier alpha value is -2.78. The molecule has 0 fully saturated rings. The third kappa shape index (κ3) is 4.99. The average molecular weight is 461 g/mol. The summed E-state index contributed by atoms with van der Waals surface area (Å²) in [5.74, 6) is 0.232. The number of hydrogen-bond donors (Lipinski definition) is 1. The second-order valence-electron chi connectivity index (χ2n) is 7.69. The number of nitrogens with zero attached hydrogens (tertiary/aromatic N) is 3. The van der Waals surface area contributed by atoms with Gasteiger partial charge in [-0.25, -0.2) is 17.8 Å². The average Bonchev–Trinajstić information content (AvgIpc) is 3.08. The van der Waals surface area contributed by atoms with Gasteiger partial charge in [0.2, 0.25) is 15.9 Å². The summed E-state index contributed by atoms with van der Waals surface area (Å²) in [5, 5.41) is 2.80. The Morgan fingerprint density at radius 3 is 2.53 bits per heavy atom. The Kier molecular flexibility index (Phi) is 7.30. The van der Waals surface area contributed by atoms with Gasteiger partial charge in [0, 0.05) is 39.5 Å². The van der Waals surface area contributed by atoms with E-state index in [0.717, 1.165) is 5.52 Å². The number of aromatic nitrogens is 2. The Labute approximate surface area is 188 Å². The monoisotopic (exact) mass is 460 g/mol. The van der Waals surface area contributed by atoms with Crippen molar-refractivity contribution in [3.05, 3.63) is 59.2 Å². The lowest BCUT2D eigenvalue weighted by molar-refractivity contribution is -0.121. The minimum Gasteiger partial charge on any atom is -0.352 e. The zero-order valence-corrected chi connectivity index (χ0v) is 19.7. The minimum atomic E-state index is -3.57. The van der Waals surface area contributed by atoms with Gasteiger partial charge in [0.1, 0.15) is 11.6 Å². The van der Waals surface area contributed by atoms with Crippen LogP contribution in [0.2, 0.25) is 0 Å². The molecule has 0 saturated carbocycles. The van der Waals surface area contributed by atoms with Crippen LogP contribution in [0, 0.1) is 12.7 Å². The lowest BCUT2D eigenvalue weighted by Crippen LogP contribution is -2.30. The van der Waals surface area contributed by atoms with E-state index in [9.17, 15) is 17.6 Å². The highest BCUT2D eigenvalue weighted by Crippen LogP contribution is 2.22. The van der Waals surface area contributed by atoms with Gasteiger partial charge in [-0.05, 0) is 42.3 Å². The van der Waals surface area contributed by atoms with E-state index >= 15 is 0 Å². The fourth-order valence-electron chi connectivity index (χ4n) is 3.59. The molecule has 0 radical (unpaired) electrons. The molecule has 1 heterocycles. The van der Waals surface area contributed by atoms with Crippen LogP contribution in [-0.2, 0) is 34.8 Å². The lowest BCUT2D eigenvalue weighted by Gasteiger charge is -2.18. The maximum absolute atomic E-state index is 13.6. The van der Waals surface area contributed by atoms with E-state index < -0.39 is 10.0 Å². The van der Waals surface area contributed by atoms with Gasteiger partial charge in [0.15, 0.2) is 0 Å². The molecule has 2 aromatic carbocycles.